The summed E-state index contributed by atoms with van der Waals surface area (Å²) in [5, 5.41) is 0. The highest BCUT2D eigenvalue weighted by Crippen LogP contribution is 2.38. The van der Waals surface area contributed by atoms with E-state index >= 15 is 0 Å². The number of carbonyl (C=O) groups is 1. The Morgan fingerprint density at radius 3 is 2.57 bits per heavy atom. The molecule has 0 unspecified atom stereocenters. The van der Waals surface area contributed by atoms with Crippen LogP contribution in [0.2, 0.25) is 0 Å². The summed E-state index contributed by atoms with van der Waals surface area (Å²) in [4.78, 5) is 15.1. The molecule has 28 heavy (non-hydrogen) atoms. The van der Waals surface area contributed by atoms with E-state index in [0.717, 1.165) is 23.6 Å². The lowest BCUT2D eigenvalue weighted by Gasteiger charge is -2.37. The zero-order chi connectivity index (χ0) is 19.1. The second-order valence-corrected chi connectivity index (χ2v) is 6.94. The van der Waals surface area contributed by atoms with E-state index in [9.17, 15) is 9.18 Å². The van der Waals surface area contributed by atoms with Crippen molar-refractivity contribution in [3.63, 3.8) is 0 Å². The second-order valence-electron chi connectivity index (χ2n) is 6.94. The van der Waals surface area contributed by atoms with Gasteiger partial charge in [0.15, 0.2) is 11.5 Å². The maximum atomic E-state index is 13.3. The van der Waals surface area contributed by atoms with Gasteiger partial charge in [-0.1, -0.05) is 6.07 Å². The molecule has 1 atom stereocenters. The van der Waals surface area contributed by atoms with Crippen molar-refractivity contribution < 1.29 is 18.7 Å². The van der Waals surface area contributed by atoms with E-state index in [1.807, 2.05) is 41.4 Å². The van der Waals surface area contributed by atoms with Gasteiger partial charge in [0.25, 0.3) is 5.91 Å². The van der Waals surface area contributed by atoms with Crippen molar-refractivity contribution in [2.24, 2.45) is 0 Å². The first-order valence-electron chi connectivity index (χ1n) is 9.32. The summed E-state index contributed by atoms with van der Waals surface area (Å²) < 4.78 is 26.8. The van der Waals surface area contributed by atoms with Gasteiger partial charge in [0.05, 0.1) is 6.04 Å². The highest BCUT2D eigenvalue weighted by atomic mass is 19.1. The van der Waals surface area contributed by atoms with Gasteiger partial charge in [-0.15, -0.1) is 0 Å². The standard InChI is InChI=1S/C22H19FN2O3/c23-17-6-3-15(4-7-17)22(26)25-11-10-24-9-1-2-18(24)21(25)16-5-8-19-20(14-16)28-13-12-27-19/h1-9,14,21H,10-13H2/t21-/m0/s1. The van der Waals surface area contributed by atoms with Gasteiger partial charge in [-0.2, -0.15) is 0 Å². The first kappa shape index (κ1) is 16.9. The first-order chi connectivity index (χ1) is 13.7. The van der Waals surface area contributed by atoms with E-state index in [2.05, 4.69) is 4.57 Å². The zero-order valence-electron chi connectivity index (χ0n) is 15.2. The van der Waals surface area contributed by atoms with Crippen LogP contribution in [0.3, 0.4) is 0 Å². The van der Waals surface area contributed by atoms with Crippen LogP contribution in [0.4, 0.5) is 4.39 Å². The maximum absolute atomic E-state index is 13.3. The normalized spacial score (nSPS) is 17.9. The first-order valence-corrected chi connectivity index (χ1v) is 9.32. The molecule has 1 amide bonds. The van der Waals surface area contributed by atoms with Gasteiger partial charge in [0.2, 0.25) is 0 Å². The van der Waals surface area contributed by atoms with Gasteiger partial charge in [0, 0.05) is 30.5 Å². The quantitative estimate of drug-likeness (QED) is 0.684. The largest absolute Gasteiger partial charge is 0.486 e. The van der Waals surface area contributed by atoms with E-state index in [4.69, 9.17) is 9.47 Å². The topological polar surface area (TPSA) is 43.7 Å². The van der Waals surface area contributed by atoms with E-state index in [-0.39, 0.29) is 17.8 Å². The van der Waals surface area contributed by atoms with Crippen molar-refractivity contribution in [2.75, 3.05) is 19.8 Å². The predicted octanol–water partition coefficient (Wildman–Crippen LogP) is 3.64. The molecule has 2 aliphatic heterocycles. The van der Waals surface area contributed by atoms with Crippen molar-refractivity contribution >= 4 is 5.91 Å². The summed E-state index contributed by atoms with van der Waals surface area (Å²) in [6.07, 6.45) is 2.03. The number of hydrogen-bond donors (Lipinski definition) is 0. The SMILES string of the molecule is O=C(c1ccc(F)cc1)N1CCn2cccc2[C@@H]1c1ccc2c(c1)OCCO2. The van der Waals surface area contributed by atoms with Crippen LogP contribution in [0, 0.1) is 5.82 Å². The van der Waals surface area contributed by atoms with Gasteiger partial charge in [-0.3, -0.25) is 4.79 Å². The number of carbonyl (C=O) groups excluding carboxylic acids is 1. The molecule has 0 N–H and O–H groups in total. The molecule has 0 aliphatic carbocycles. The fraction of sp³-hybridized carbons (Fsp3) is 0.227. The van der Waals surface area contributed by atoms with Crippen molar-refractivity contribution in [1.82, 2.24) is 9.47 Å². The molecule has 2 aliphatic rings. The summed E-state index contributed by atoms with van der Waals surface area (Å²) in [6, 6.07) is 15.3. The second kappa shape index (κ2) is 6.71. The minimum atomic E-state index is -0.354. The highest BCUT2D eigenvalue weighted by Gasteiger charge is 2.33. The smallest absolute Gasteiger partial charge is 0.254 e. The molecule has 3 heterocycles. The number of amides is 1. The Hall–Kier alpha value is -3.28. The number of ether oxygens (including phenoxy) is 2. The summed E-state index contributed by atoms with van der Waals surface area (Å²) >= 11 is 0. The van der Waals surface area contributed by atoms with Crippen molar-refractivity contribution in [3.8, 4) is 11.5 Å². The summed E-state index contributed by atoms with van der Waals surface area (Å²) in [5.41, 5.74) is 2.47. The molecule has 3 aromatic rings. The highest BCUT2D eigenvalue weighted by molar-refractivity contribution is 5.94. The number of halogens is 1. The van der Waals surface area contributed by atoms with Crippen molar-refractivity contribution in [3.05, 3.63) is 83.4 Å². The fourth-order valence-corrected chi connectivity index (χ4v) is 3.94. The Kier molecular flexibility index (Phi) is 4.04. The van der Waals surface area contributed by atoms with Gasteiger partial charge < -0.3 is 18.9 Å². The Morgan fingerprint density at radius 1 is 0.964 bits per heavy atom. The molecule has 5 rings (SSSR count). The molecular weight excluding hydrogens is 359 g/mol. The molecule has 1 aromatic heterocycles. The molecule has 5 nitrogen and oxygen atoms in total. The number of hydrogen-bond acceptors (Lipinski definition) is 3. The van der Waals surface area contributed by atoms with Crippen LogP contribution in [-0.2, 0) is 6.54 Å². The maximum Gasteiger partial charge on any atom is 0.254 e. The Bertz CT molecular complexity index is 1030. The van der Waals surface area contributed by atoms with Gasteiger partial charge >= 0.3 is 0 Å². The Labute approximate surface area is 161 Å². The molecular formula is C22H19FN2O3. The molecule has 0 fully saturated rings. The Morgan fingerprint density at radius 2 is 1.75 bits per heavy atom. The Balaban J connectivity index is 1.57. The third kappa shape index (κ3) is 2.81. The van der Waals surface area contributed by atoms with E-state index in [1.54, 1.807) is 0 Å². The number of nitrogens with zero attached hydrogens (tertiary/aromatic N) is 2. The number of aromatic nitrogens is 1. The average Bonchev–Trinajstić information content (AvgIpc) is 3.21. The lowest BCUT2D eigenvalue weighted by molar-refractivity contribution is 0.0663. The van der Waals surface area contributed by atoms with Crippen LogP contribution in [0.15, 0.2) is 60.8 Å². The lowest BCUT2D eigenvalue weighted by atomic mass is 9.98. The summed E-state index contributed by atoms with van der Waals surface area (Å²) in [7, 11) is 0. The van der Waals surface area contributed by atoms with Gasteiger partial charge in [-0.25, -0.2) is 4.39 Å². The third-order valence-corrected chi connectivity index (χ3v) is 5.27. The third-order valence-electron chi connectivity index (χ3n) is 5.27. The van der Waals surface area contributed by atoms with E-state index in [1.165, 1.54) is 24.3 Å². The van der Waals surface area contributed by atoms with Crippen LogP contribution >= 0.6 is 0 Å². The molecule has 0 spiro atoms. The molecule has 2 aromatic carbocycles. The number of rotatable bonds is 2. The lowest BCUT2D eigenvalue weighted by Crippen LogP contribution is -2.42. The fourth-order valence-electron chi connectivity index (χ4n) is 3.94. The summed E-state index contributed by atoms with van der Waals surface area (Å²) in [6.45, 7) is 2.33. The van der Waals surface area contributed by atoms with Crippen molar-refractivity contribution in [2.45, 2.75) is 12.6 Å². The molecule has 142 valence electrons. The minimum absolute atomic E-state index is 0.118. The van der Waals surface area contributed by atoms with Crippen LogP contribution in [0.25, 0.3) is 0 Å². The molecule has 0 saturated carbocycles. The van der Waals surface area contributed by atoms with Gasteiger partial charge in [0.1, 0.15) is 19.0 Å². The monoisotopic (exact) mass is 378 g/mol. The van der Waals surface area contributed by atoms with Crippen LogP contribution in [0.1, 0.15) is 27.7 Å². The van der Waals surface area contributed by atoms with E-state index < -0.39 is 0 Å². The van der Waals surface area contributed by atoms with Crippen LogP contribution in [0.5, 0.6) is 11.5 Å². The number of fused-ring (bicyclic) bond motifs is 2. The molecule has 6 heteroatoms. The predicted molar refractivity (Wildman–Crippen MR) is 101 cm³/mol. The van der Waals surface area contributed by atoms with Crippen LogP contribution < -0.4 is 9.47 Å². The number of benzene rings is 2. The minimum Gasteiger partial charge on any atom is -0.486 e. The average molecular weight is 378 g/mol. The zero-order valence-corrected chi connectivity index (χ0v) is 15.2. The summed E-state index contributed by atoms with van der Waals surface area (Å²) in [5.74, 6) is 0.944. The molecule has 0 radical (unpaired) electrons. The van der Waals surface area contributed by atoms with Crippen molar-refractivity contribution in [1.29, 1.82) is 0 Å². The van der Waals surface area contributed by atoms with E-state index in [0.29, 0.717) is 31.1 Å². The molecule has 0 bridgehead atoms. The molecule has 0 saturated heterocycles. The van der Waals surface area contributed by atoms with Gasteiger partial charge in [-0.05, 0) is 54.1 Å². The van der Waals surface area contributed by atoms with Crippen LogP contribution in [-0.4, -0.2) is 35.1 Å².